The summed E-state index contributed by atoms with van der Waals surface area (Å²) in [5.74, 6) is -1.93. The van der Waals surface area contributed by atoms with E-state index in [1.165, 1.54) is 47.4 Å². The average molecular weight is 607 g/mol. The summed E-state index contributed by atoms with van der Waals surface area (Å²) in [5.41, 5.74) is 0.113. The van der Waals surface area contributed by atoms with E-state index < -0.39 is 34.3 Å². The largest absolute Gasteiger partial charge is 0.352 e. The zero-order chi connectivity index (χ0) is 28.9. The number of nitrogens with one attached hydrogen (secondary N) is 1. The van der Waals surface area contributed by atoms with Crippen molar-refractivity contribution in [2.75, 3.05) is 10.8 Å². The Labute approximate surface area is 243 Å². The number of benzene rings is 3. The van der Waals surface area contributed by atoms with Gasteiger partial charge in [0, 0.05) is 28.2 Å². The zero-order valence-corrected chi connectivity index (χ0v) is 24.2. The molecule has 0 radical (unpaired) electrons. The van der Waals surface area contributed by atoms with Crippen LogP contribution in [0.2, 0.25) is 10.0 Å². The highest BCUT2D eigenvalue weighted by atomic mass is 35.5. The molecular formula is C29H30Cl2FN3O4S. The highest BCUT2D eigenvalue weighted by molar-refractivity contribution is 7.92. The van der Waals surface area contributed by atoms with Crippen molar-refractivity contribution in [3.63, 3.8) is 0 Å². The molecular weight excluding hydrogens is 576 g/mol. The zero-order valence-electron chi connectivity index (χ0n) is 21.9. The summed E-state index contributed by atoms with van der Waals surface area (Å²) in [6, 6.07) is 16.7. The fourth-order valence-electron chi connectivity index (χ4n) is 4.72. The molecule has 1 atom stereocenters. The first-order valence-corrected chi connectivity index (χ1v) is 15.1. The third-order valence-electron chi connectivity index (χ3n) is 6.99. The number of nitrogens with zero attached hydrogens (tertiary/aromatic N) is 2. The topological polar surface area (TPSA) is 86.8 Å². The second-order valence-corrected chi connectivity index (χ2v) is 12.3. The van der Waals surface area contributed by atoms with Gasteiger partial charge in [-0.2, -0.15) is 0 Å². The Bertz CT molecular complexity index is 1450. The van der Waals surface area contributed by atoms with Gasteiger partial charge in [0.1, 0.15) is 18.4 Å². The molecule has 1 aliphatic carbocycles. The van der Waals surface area contributed by atoms with E-state index in [9.17, 15) is 22.4 Å². The van der Waals surface area contributed by atoms with E-state index in [0.717, 1.165) is 36.1 Å². The Morgan fingerprint density at radius 3 is 2.17 bits per heavy atom. The van der Waals surface area contributed by atoms with Crippen LogP contribution in [0.1, 0.15) is 38.2 Å². The fraction of sp³-hybridized carbons (Fsp3) is 0.310. The molecule has 0 heterocycles. The van der Waals surface area contributed by atoms with E-state index in [4.69, 9.17) is 23.2 Å². The Morgan fingerprint density at radius 2 is 1.55 bits per heavy atom. The highest BCUT2D eigenvalue weighted by Crippen LogP contribution is 2.29. The van der Waals surface area contributed by atoms with Gasteiger partial charge < -0.3 is 10.2 Å². The second kappa shape index (κ2) is 13.0. The molecule has 0 bridgehead atoms. The van der Waals surface area contributed by atoms with Crippen LogP contribution in [0.3, 0.4) is 0 Å². The van der Waals surface area contributed by atoms with E-state index >= 15 is 0 Å². The maximum absolute atomic E-state index is 15.0. The summed E-state index contributed by atoms with van der Waals surface area (Å²) >= 11 is 12.8. The second-order valence-electron chi connectivity index (χ2n) is 9.66. The quantitative estimate of drug-likeness (QED) is 0.316. The van der Waals surface area contributed by atoms with Gasteiger partial charge in [0.05, 0.1) is 10.6 Å². The lowest BCUT2D eigenvalue weighted by Gasteiger charge is -2.33. The molecule has 1 aliphatic rings. The molecule has 0 spiro atoms. The smallest absolute Gasteiger partial charge is 0.264 e. The van der Waals surface area contributed by atoms with E-state index in [-0.39, 0.29) is 39.1 Å². The number of carbonyl (C=O) groups is 2. The summed E-state index contributed by atoms with van der Waals surface area (Å²) in [7, 11) is -4.37. The van der Waals surface area contributed by atoms with Crippen LogP contribution in [0.4, 0.5) is 10.1 Å². The van der Waals surface area contributed by atoms with Gasteiger partial charge in [-0.25, -0.2) is 12.8 Å². The van der Waals surface area contributed by atoms with Crippen LogP contribution in [-0.4, -0.2) is 43.8 Å². The van der Waals surface area contributed by atoms with Gasteiger partial charge >= 0.3 is 0 Å². The van der Waals surface area contributed by atoms with E-state index in [1.807, 2.05) is 0 Å². The molecule has 1 fully saturated rings. The average Bonchev–Trinajstić information content (AvgIpc) is 3.45. The summed E-state index contributed by atoms with van der Waals surface area (Å²) < 4.78 is 43.1. The molecule has 1 N–H and O–H groups in total. The van der Waals surface area contributed by atoms with Crippen molar-refractivity contribution in [2.45, 2.75) is 56.1 Å². The van der Waals surface area contributed by atoms with Crippen LogP contribution in [0.5, 0.6) is 0 Å². The first-order valence-electron chi connectivity index (χ1n) is 12.9. The molecule has 1 saturated carbocycles. The first kappa shape index (κ1) is 29.8. The molecule has 3 aromatic rings. The molecule has 40 heavy (non-hydrogen) atoms. The molecule has 1 unspecified atom stereocenters. The molecule has 0 aromatic heterocycles. The van der Waals surface area contributed by atoms with Gasteiger partial charge in [-0.05, 0) is 56.2 Å². The van der Waals surface area contributed by atoms with Gasteiger partial charge in [-0.3, -0.25) is 13.9 Å². The minimum Gasteiger partial charge on any atom is -0.352 e. The standard InChI is InChI=1S/C29H30Cl2FN3O4S/c1-20(29(37)33-21-10-5-6-11-21)34(18-23-24(30)14-9-15-25(23)31)28(36)19-35(27-17-8-7-16-26(27)32)40(38,39)22-12-3-2-4-13-22/h2-4,7-9,12-17,20-21H,5-6,10-11,18-19H2,1H3,(H,33,37). The molecule has 212 valence electrons. The monoisotopic (exact) mass is 605 g/mol. The summed E-state index contributed by atoms with van der Waals surface area (Å²) in [5, 5.41) is 3.57. The maximum atomic E-state index is 15.0. The lowest BCUT2D eigenvalue weighted by Crippen LogP contribution is -2.52. The number of amides is 2. The van der Waals surface area contributed by atoms with E-state index in [1.54, 1.807) is 31.2 Å². The van der Waals surface area contributed by atoms with Crippen molar-refractivity contribution in [1.29, 1.82) is 0 Å². The Hall–Kier alpha value is -3.14. The lowest BCUT2D eigenvalue weighted by atomic mass is 10.1. The normalized spacial score (nSPS) is 14.5. The number of hydrogen-bond donors (Lipinski definition) is 1. The molecule has 3 aromatic carbocycles. The van der Waals surface area contributed by atoms with Gasteiger partial charge in [0.15, 0.2) is 0 Å². The predicted octanol–water partition coefficient (Wildman–Crippen LogP) is 5.80. The Morgan fingerprint density at radius 1 is 0.950 bits per heavy atom. The summed E-state index contributed by atoms with van der Waals surface area (Å²) in [4.78, 5) is 28.3. The number of para-hydroxylation sites is 1. The molecule has 2 amide bonds. The predicted molar refractivity (Wildman–Crippen MR) is 154 cm³/mol. The van der Waals surface area contributed by atoms with Crippen LogP contribution in [-0.2, 0) is 26.2 Å². The number of rotatable bonds is 10. The number of anilines is 1. The van der Waals surface area contributed by atoms with E-state index in [2.05, 4.69) is 5.32 Å². The first-order chi connectivity index (χ1) is 19.1. The van der Waals surface area contributed by atoms with Gasteiger partial charge in [0.2, 0.25) is 11.8 Å². The fourth-order valence-corrected chi connectivity index (χ4v) is 6.68. The van der Waals surface area contributed by atoms with Crippen molar-refractivity contribution in [1.82, 2.24) is 10.2 Å². The van der Waals surface area contributed by atoms with Crippen molar-refractivity contribution in [2.24, 2.45) is 0 Å². The number of hydrogen-bond acceptors (Lipinski definition) is 4. The molecule has 7 nitrogen and oxygen atoms in total. The molecule has 4 rings (SSSR count). The Balaban J connectivity index is 1.72. The van der Waals surface area contributed by atoms with Crippen LogP contribution >= 0.6 is 23.2 Å². The van der Waals surface area contributed by atoms with Gasteiger partial charge in [-0.15, -0.1) is 0 Å². The van der Waals surface area contributed by atoms with Crippen molar-refractivity contribution in [3.8, 4) is 0 Å². The third-order valence-corrected chi connectivity index (χ3v) is 9.47. The van der Waals surface area contributed by atoms with Crippen molar-refractivity contribution < 1.29 is 22.4 Å². The molecule has 11 heteroatoms. The minimum atomic E-state index is -4.37. The number of carbonyl (C=O) groups excluding carboxylic acids is 2. The number of halogens is 3. The van der Waals surface area contributed by atoms with Crippen LogP contribution in [0, 0.1) is 5.82 Å². The summed E-state index contributed by atoms with van der Waals surface area (Å²) in [6.45, 7) is 0.639. The Kier molecular flexibility index (Phi) is 9.71. The maximum Gasteiger partial charge on any atom is 0.264 e. The van der Waals surface area contributed by atoms with Crippen LogP contribution in [0.25, 0.3) is 0 Å². The SMILES string of the molecule is CC(C(=O)NC1CCCC1)N(Cc1c(Cl)cccc1Cl)C(=O)CN(c1ccccc1F)S(=O)(=O)c1ccccc1. The molecule has 0 aliphatic heterocycles. The molecule has 0 saturated heterocycles. The van der Waals surface area contributed by atoms with E-state index in [0.29, 0.717) is 5.56 Å². The lowest BCUT2D eigenvalue weighted by molar-refractivity contribution is -0.139. The third kappa shape index (κ3) is 6.77. The van der Waals surface area contributed by atoms with Crippen LogP contribution < -0.4 is 9.62 Å². The van der Waals surface area contributed by atoms with Gasteiger partial charge in [0.25, 0.3) is 10.0 Å². The number of sulfonamides is 1. The van der Waals surface area contributed by atoms with Crippen molar-refractivity contribution >= 4 is 50.7 Å². The van der Waals surface area contributed by atoms with Crippen molar-refractivity contribution in [3.05, 3.63) is 94.2 Å². The highest BCUT2D eigenvalue weighted by Gasteiger charge is 2.34. The summed E-state index contributed by atoms with van der Waals surface area (Å²) in [6.07, 6.45) is 3.70. The van der Waals surface area contributed by atoms with Gasteiger partial charge in [-0.1, -0.05) is 72.4 Å². The van der Waals surface area contributed by atoms with Crippen LogP contribution in [0.15, 0.2) is 77.7 Å². The minimum absolute atomic E-state index is 0.00387.